The number of rotatable bonds is 3. The molecule has 0 spiro atoms. The molecule has 92 valence electrons. The normalized spacial score (nSPS) is 17.6. The van der Waals surface area contributed by atoms with E-state index < -0.39 is 12.7 Å². The first-order valence-corrected chi connectivity index (χ1v) is 5.60. The zero-order valence-electron chi connectivity index (χ0n) is 9.30. The molecule has 1 aromatic carbocycles. The number of alkyl halides is 1. The zero-order chi connectivity index (χ0) is 12.3. The Morgan fingerprint density at radius 2 is 2.29 bits per heavy atom. The molecular formula is C12H14F2N2O. The second-order valence-electron chi connectivity index (χ2n) is 3.99. The van der Waals surface area contributed by atoms with Crippen LogP contribution < -0.4 is 10.6 Å². The highest BCUT2D eigenvalue weighted by Crippen LogP contribution is 2.32. The number of carbonyl (C=O) groups excluding carboxylic acids is 1. The number of carbonyl (C=O) groups is 1. The Morgan fingerprint density at radius 3 is 3.06 bits per heavy atom. The molecule has 2 N–H and O–H groups in total. The summed E-state index contributed by atoms with van der Waals surface area (Å²) in [4.78, 5) is 11.4. The van der Waals surface area contributed by atoms with Crippen LogP contribution in [0.25, 0.3) is 0 Å². The van der Waals surface area contributed by atoms with E-state index in [2.05, 4.69) is 10.6 Å². The van der Waals surface area contributed by atoms with Crippen LogP contribution in [0, 0.1) is 5.82 Å². The number of benzene rings is 1. The Bertz CT molecular complexity index is 423. The Balaban J connectivity index is 2.02. The van der Waals surface area contributed by atoms with Crippen LogP contribution in [0.5, 0.6) is 0 Å². The van der Waals surface area contributed by atoms with Crippen LogP contribution in [0.1, 0.15) is 23.6 Å². The topological polar surface area (TPSA) is 41.1 Å². The van der Waals surface area contributed by atoms with E-state index in [1.807, 2.05) is 6.07 Å². The van der Waals surface area contributed by atoms with Gasteiger partial charge in [0, 0.05) is 6.54 Å². The number of amides is 2. The molecule has 2 rings (SSSR count). The Labute approximate surface area is 98.2 Å². The second kappa shape index (κ2) is 5.12. The van der Waals surface area contributed by atoms with Gasteiger partial charge < -0.3 is 10.6 Å². The van der Waals surface area contributed by atoms with Gasteiger partial charge in [0.1, 0.15) is 12.5 Å². The van der Waals surface area contributed by atoms with E-state index >= 15 is 0 Å². The van der Waals surface area contributed by atoms with Gasteiger partial charge in [0.15, 0.2) is 0 Å². The summed E-state index contributed by atoms with van der Waals surface area (Å²) in [7, 11) is 0. The van der Waals surface area contributed by atoms with Gasteiger partial charge >= 0.3 is 6.03 Å². The molecule has 1 aromatic rings. The third-order valence-electron chi connectivity index (χ3n) is 2.90. The monoisotopic (exact) mass is 240 g/mol. The van der Waals surface area contributed by atoms with E-state index in [0.717, 1.165) is 5.56 Å². The lowest BCUT2D eigenvalue weighted by molar-refractivity contribution is 0.236. The number of fused-ring (bicyclic) bond motifs is 1. The number of urea groups is 1. The van der Waals surface area contributed by atoms with Crippen molar-refractivity contribution in [2.24, 2.45) is 0 Å². The van der Waals surface area contributed by atoms with Crippen molar-refractivity contribution in [2.45, 2.75) is 18.9 Å². The molecule has 0 aliphatic heterocycles. The van der Waals surface area contributed by atoms with Crippen LogP contribution >= 0.6 is 0 Å². The molecule has 0 saturated heterocycles. The van der Waals surface area contributed by atoms with E-state index in [9.17, 15) is 13.6 Å². The molecule has 0 heterocycles. The summed E-state index contributed by atoms with van der Waals surface area (Å²) in [5.74, 6) is -0.226. The van der Waals surface area contributed by atoms with Crippen molar-refractivity contribution in [3.63, 3.8) is 0 Å². The van der Waals surface area contributed by atoms with Gasteiger partial charge in [-0.05, 0) is 30.0 Å². The summed E-state index contributed by atoms with van der Waals surface area (Å²) in [6.45, 7) is -0.599. The molecule has 0 radical (unpaired) electrons. The fourth-order valence-electron chi connectivity index (χ4n) is 2.13. The van der Waals surface area contributed by atoms with Crippen molar-refractivity contribution in [3.05, 3.63) is 35.1 Å². The number of nitrogens with one attached hydrogen (secondary N) is 2. The van der Waals surface area contributed by atoms with E-state index in [1.54, 1.807) is 6.07 Å². The van der Waals surface area contributed by atoms with Crippen LogP contribution in [0.2, 0.25) is 0 Å². The summed E-state index contributed by atoms with van der Waals surface area (Å²) in [6.07, 6.45) is 1.30. The lowest BCUT2D eigenvalue weighted by Crippen LogP contribution is -2.38. The molecule has 1 aliphatic carbocycles. The van der Waals surface area contributed by atoms with E-state index in [0.29, 0.717) is 18.4 Å². The van der Waals surface area contributed by atoms with Crippen molar-refractivity contribution >= 4 is 6.03 Å². The summed E-state index contributed by atoms with van der Waals surface area (Å²) in [5.41, 5.74) is 1.49. The smallest absolute Gasteiger partial charge is 0.315 e. The Hall–Kier alpha value is -1.65. The number of halogens is 2. The molecule has 0 saturated carbocycles. The molecule has 3 nitrogen and oxygen atoms in total. The van der Waals surface area contributed by atoms with E-state index in [1.165, 1.54) is 6.07 Å². The van der Waals surface area contributed by atoms with Crippen LogP contribution in [-0.2, 0) is 6.42 Å². The van der Waals surface area contributed by atoms with Gasteiger partial charge in [0.05, 0.1) is 6.04 Å². The van der Waals surface area contributed by atoms with Crippen molar-refractivity contribution < 1.29 is 13.6 Å². The first-order chi connectivity index (χ1) is 8.22. The van der Waals surface area contributed by atoms with E-state index in [-0.39, 0.29) is 18.4 Å². The summed E-state index contributed by atoms with van der Waals surface area (Å²) in [6, 6.07) is 4.27. The first kappa shape index (κ1) is 11.8. The third kappa shape index (κ3) is 2.54. The molecule has 0 bridgehead atoms. The van der Waals surface area contributed by atoms with Crippen LogP contribution in [0.15, 0.2) is 18.2 Å². The van der Waals surface area contributed by atoms with Gasteiger partial charge in [-0.15, -0.1) is 0 Å². The molecule has 17 heavy (non-hydrogen) atoms. The van der Waals surface area contributed by atoms with Crippen LogP contribution in [-0.4, -0.2) is 19.3 Å². The molecular weight excluding hydrogens is 226 g/mol. The van der Waals surface area contributed by atoms with Crippen LogP contribution in [0.3, 0.4) is 0 Å². The fourth-order valence-corrected chi connectivity index (χ4v) is 2.13. The molecule has 2 amide bonds. The maximum Gasteiger partial charge on any atom is 0.315 e. The fraction of sp³-hybridized carbons (Fsp3) is 0.417. The quantitative estimate of drug-likeness (QED) is 0.834. The van der Waals surface area contributed by atoms with Crippen molar-refractivity contribution in [1.29, 1.82) is 0 Å². The highest BCUT2D eigenvalue weighted by atomic mass is 19.1. The van der Waals surface area contributed by atoms with Crippen molar-refractivity contribution in [1.82, 2.24) is 10.6 Å². The molecule has 0 aromatic heterocycles. The van der Waals surface area contributed by atoms with E-state index in [4.69, 9.17) is 0 Å². The van der Waals surface area contributed by atoms with Gasteiger partial charge in [-0.25, -0.2) is 13.6 Å². The largest absolute Gasteiger partial charge is 0.336 e. The summed E-state index contributed by atoms with van der Waals surface area (Å²) < 4.78 is 25.3. The summed E-state index contributed by atoms with van der Waals surface area (Å²) >= 11 is 0. The predicted octanol–water partition coefficient (Wildman–Crippen LogP) is 2.08. The zero-order valence-corrected chi connectivity index (χ0v) is 9.30. The van der Waals surface area contributed by atoms with Gasteiger partial charge in [0.2, 0.25) is 0 Å². The molecule has 0 fully saturated rings. The highest BCUT2D eigenvalue weighted by molar-refractivity contribution is 5.74. The Kier molecular flexibility index (Phi) is 3.56. The molecule has 1 aliphatic rings. The molecule has 1 atom stereocenters. The standard InChI is InChI=1S/C12H14F2N2O/c13-6-7-15-12(17)16-11-5-4-8-9(11)2-1-3-10(8)14/h1-3,11H,4-7H2,(H2,15,16,17). The number of hydrogen-bond donors (Lipinski definition) is 2. The van der Waals surface area contributed by atoms with Gasteiger partial charge in [-0.1, -0.05) is 12.1 Å². The highest BCUT2D eigenvalue weighted by Gasteiger charge is 2.25. The minimum atomic E-state index is -0.594. The Morgan fingerprint density at radius 1 is 1.47 bits per heavy atom. The lowest BCUT2D eigenvalue weighted by atomic mass is 10.1. The molecule has 5 heteroatoms. The average Bonchev–Trinajstić information content (AvgIpc) is 2.71. The SMILES string of the molecule is O=C(NCCF)NC1CCc2c(F)cccc21. The minimum absolute atomic E-state index is 0.00540. The van der Waals surface area contributed by atoms with Gasteiger partial charge in [-0.2, -0.15) is 0 Å². The number of hydrogen-bond acceptors (Lipinski definition) is 1. The third-order valence-corrected chi connectivity index (χ3v) is 2.90. The molecule has 1 unspecified atom stereocenters. The predicted molar refractivity (Wildman–Crippen MR) is 60.0 cm³/mol. The van der Waals surface area contributed by atoms with Gasteiger partial charge in [0.25, 0.3) is 0 Å². The van der Waals surface area contributed by atoms with Crippen molar-refractivity contribution in [2.75, 3.05) is 13.2 Å². The maximum absolute atomic E-state index is 13.4. The van der Waals surface area contributed by atoms with Crippen molar-refractivity contribution in [3.8, 4) is 0 Å². The average molecular weight is 240 g/mol. The summed E-state index contributed by atoms with van der Waals surface area (Å²) in [5, 5.41) is 5.10. The first-order valence-electron chi connectivity index (χ1n) is 5.60. The lowest BCUT2D eigenvalue weighted by Gasteiger charge is -2.14. The maximum atomic E-state index is 13.4. The van der Waals surface area contributed by atoms with Crippen LogP contribution in [0.4, 0.5) is 13.6 Å². The minimum Gasteiger partial charge on any atom is -0.336 e. The van der Waals surface area contributed by atoms with Gasteiger partial charge in [-0.3, -0.25) is 0 Å². The second-order valence-corrected chi connectivity index (χ2v) is 3.99.